The van der Waals surface area contributed by atoms with Crippen molar-refractivity contribution in [2.45, 2.75) is 78.2 Å². The zero-order chi connectivity index (χ0) is 20.1. The largest absolute Gasteiger partial charge is 0.394 e. The Morgan fingerprint density at radius 2 is 2.00 bits per heavy atom. The van der Waals surface area contributed by atoms with Crippen LogP contribution in [0.4, 0.5) is 0 Å². The van der Waals surface area contributed by atoms with Gasteiger partial charge in [-0.15, -0.1) is 0 Å². The Balaban J connectivity index is 1.63. The molecule has 4 aliphatic carbocycles. The van der Waals surface area contributed by atoms with E-state index in [2.05, 4.69) is 25.9 Å². The fraction of sp³-hybridized carbons (Fsp3) is 0.913. The highest BCUT2D eigenvalue weighted by molar-refractivity contribution is 5.88. The second-order valence-corrected chi connectivity index (χ2v) is 10.3. The van der Waals surface area contributed by atoms with Crippen molar-refractivity contribution in [3.8, 4) is 0 Å². The lowest BCUT2D eigenvalue weighted by molar-refractivity contribution is -0.161. The second-order valence-electron chi connectivity index (χ2n) is 10.3. The number of rotatable bonds is 4. The average molecular weight is 391 g/mol. The molecule has 158 valence electrons. The molecule has 0 amide bonds. The summed E-state index contributed by atoms with van der Waals surface area (Å²) in [5.41, 5.74) is 6.65. The number of nitrogens with two attached hydrogens (primary N) is 1. The molecule has 4 fully saturated rings. The zero-order valence-corrected chi connectivity index (χ0v) is 17.8. The highest BCUT2D eigenvalue weighted by Gasteiger charge is 2.63. The van der Waals surface area contributed by atoms with E-state index in [1.165, 1.54) is 0 Å². The van der Waals surface area contributed by atoms with Crippen molar-refractivity contribution >= 4 is 11.5 Å². The number of oxime groups is 1. The molecule has 0 aromatic heterocycles. The molecule has 0 saturated heterocycles. The summed E-state index contributed by atoms with van der Waals surface area (Å²) in [4.78, 5) is 18.0. The van der Waals surface area contributed by atoms with E-state index >= 15 is 0 Å². The number of carbonyl (C=O) groups excluding carboxylic acids is 1. The molecule has 8 atom stereocenters. The molecule has 4 saturated carbocycles. The van der Waals surface area contributed by atoms with Gasteiger partial charge in [0.1, 0.15) is 12.4 Å². The number of fused-ring (bicyclic) bond motifs is 5. The van der Waals surface area contributed by atoms with Crippen molar-refractivity contribution in [1.82, 2.24) is 0 Å². The number of carbonyl (C=O) groups is 1. The fourth-order valence-electron chi connectivity index (χ4n) is 7.97. The van der Waals surface area contributed by atoms with Gasteiger partial charge < -0.3 is 15.7 Å². The van der Waals surface area contributed by atoms with Crippen LogP contribution in [0.1, 0.15) is 72.1 Å². The van der Waals surface area contributed by atoms with Gasteiger partial charge in [0.25, 0.3) is 0 Å². The number of nitrogens with zero attached hydrogens (tertiary/aromatic N) is 1. The average Bonchev–Trinajstić information content (AvgIpc) is 2.97. The Kier molecular flexibility index (Phi) is 5.37. The first-order chi connectivity index (χ1) is 13.4. The summed E-state index contributed by atoms with van der Waals surface area (Å²) in [7, 11) is 0. The highest BCUT2D eigenvalue weighted by Crippen LogP contribution is 2.66. The van der Waals surface area contributed by atoms with E-state index in [1.54, 1.807) is 0 Å². The van der Waals surface area contributed by atoms with Gasteiger partial charge in [-0.3, -0.25) is 4.79 Å². The normalized spacial score (nSPS) is 49.5. The van der Waals surface area contributed by atoms with Gasteiger partial charge in [-0.1, -0.05) is 25.9 Å². The van der Waals surface area contributed by atoms with E-state index in [1.807, 2.05) is 0 Å². The minimum atomic E-state index is -0.311. The van der Waals surface area contributed by atoms with Crippen LogP contribution in [0.5, 0.6) is 0 Å². The van der Waals surface area contributed by atoms with Crippen molar-refractivity contribution in [2.24, 2.45) is 51.3 Å². The highest BCUT2D eigenvalue weighted by atomic mass is 16.6. The summed E-state index contributed by atoms with van der Waals surface area (Å²) < 4.78 is 0. The van der Waals surface area contributed by atoms with Crippen LogP contribution < -0.4 is 5.73 Å². The monoisotopic (exact) mass is 390 g/mol. The van der Waals surface area contributed by atoms with Crippen molar-refractivity contribution in [2.75, 3.05) is 13.2 Å². The Labute approximate surface area is 169 Å². The Bertz CT molecular complexity index is 650. The molecule has 0 aromatic carbocycles. The van der Waals surface area contributed by atoms with Gasteiger partial charge in [0.2, 0.25) is 0 Å². The first-order valence-corrected chi connectivity index (χ1v) is 11.5. The van der Waals surface area contributed by atoms with Gasteiger partial charge in [0.05, 0.1) is 11.8 Å². The molecule has 0 aromatic rings. The summed E-state index contributed by atoms with van der Waals surface area (Å²) in [5.74, 6) is 2.57. The van der Waals surface area contributed by atoms with Crippen LogP contribution in [0, 0.1) is 40.4 Å². The number of ketones is 1. The van der Waals surface area contributed by atoms with Crippen LogP contribution in [0.2, 0.25) is 0 Å². The third-order valence-corrected chi connectivity index (χ3v) is 9.29. The van der Waals surface area contributed by atoms with Gasteiger partial charge in [-0.25, -0.2) is 0 Å². The van der Waals surface area contributed by atoms with Crippen molar-refractivity contribution in [1.29, 1.82) is 0 Å². The number of aliphatic hydroxyl groups excluding tert-OH is 1. The molecule has 4 aliphatic rings. The predicted molar refractivity (Wildman–Crippen MR) is 110 cm³/mol. The van der Waals surface area contributed by atoms with Crippen LogP contribution >= 0.6 is 0 Å². The van der Waals surface area contributed by atoms with Crippen LogP contribution in [-0.2, 0) is 9.63 Å². The summed E-state index contributed by atoms with van der Waals surface area (Å²) in [5, 5.41) is 15.8. The maximum atomic E-state index is 12.6. The SMILES string of the molecule is CC[C@H]1/C(=N\OCCN)CC[C@@]2(C)C1[C@H](O)C[C@@H]1[C@@H]2CC[C@]2(C)C(=O)CC[C@@H]12. The van der Waals surface area contributed by atoms with Gasteiger partial charge in [0.15, 0.2) is 0 Å². The zero-order valence-electron chi connectivity index (χ0n) is 17.8. The van der Waals surface area contributed by atoms with Crippen molar-refractivity contribution < 1.29 is 14.7 Å². The molecule has 1 unspecified atom stereocenters. The first-order valence-electron chi connectivity index (χ1n) is 11.5. The Morgan fingerprint density at radius 1 is 1.21 bits per heavy atom. The number of hydrogen-bond acceptors (Lipinski definition) is 5. The molecule has 0 bridgehead atoms. The van der Waals surface area contributed by atoms with E-state index in [-0.39, 0.29) is 28.8 Å². The molecule has 5 heteroatoms. The van der Waals surface area contributed by atoms with Gasteiger partial charge in [-0.2, -0.15) is 0 Å². The summed E-state index contributed by atoms with van der Waals surface area (Å²) >= 11 is 0. The standard InChI is InChI=1S/C23H38N2O3/c1-4-14-18(25-28-12-11-24)8-10-23(3)17-7-9-22(2)16(5-6-20(22)27)15(17)13-19(26)21(14)23/h14-17,19,21,26H,4-13,24H2,1-3H3/b25-18-/t14-,15-,16-,17-,19+,21?,22-,23+/m0/s1. The first kappa shape index (κ1) is 20.3. The maximum absolute atomic E-state index is 12.6. The lowest BCUT2D eigenvalue weighted by atomic mass is 9.43. The Hall–Kier alpha value is -0.940. The summed E-state index contributed by atoms with van der Waals surface area (Å²) in [6, 6.07) is 0. The molecular formula is C23H38N2O3. The van der Waals surface area contributed by atoms with Crippen molar-refractivity contribution in [3.63, 3.8) is 0 Å². The topological polar surface area (TPSA) is 84.9 Å². The molecular weight excluding hydrogens is 352 g/mol. The van der Waals surface area contributed by atoms with Crippen LogP contribution in [0.25, 0.3) is 0 Å². The minimum absolute atomic E-state index is 0.128. The molecule has 5 nitrogen and oxygen atoms in total. The maximum Gasteiger partial charge on any atom is 0.139 e. The summed E-state index contributed by atoms with van der Waals surface area (Å²) in [6.07, 6.45) is 7.48. The quantitative estimate of drug-likeness (QED) is 0.568. The van der Waals surface area contributed by atoms with Gasteiger partial charge >= 0.3 is 0 Å². The van der Waals surface area contributed by atoms with Crippen LogP contribution in [-0.4, -0.2) is 35.9 Å². The molecule has 28 heavy (non-hydrogen) atoms. The van der Waals surface area contributed by atoms with E-state index in [0.29, 0.717) is 36.7 Å². The van der Waals surface area contributed by atoms with Crippen molar-refractivity contribution in [3.05, 3.63) is 0 Å². The smallest absolute Gasteiger partial charge is 0.139 e. The molecule has 0 spiro atoms. The van der Waals surface area contributed by atoms with E-state index in [9.17, 15) is 9.90 Å². The Morgan fingerprint density at radius 3 is 2.71 bits per heavy atom. The second kappa shape index (κ2) is 7.39. The van der Waals surface area contributed by atoms with Crippen LogP contribution in [0.3, 0.4) is 0 Å². The summed E-state index contributed by atoms with van der Waals surface area (Å²) in [6.45, 7) is 7.77. The third kappa shape index (κ3) is 2.87. The number of hydrogen-bond donors (Lipinski definition) is 2. The van der Waals surface area contributed by atoms with E-state index < -0.39 is 0 Å². The lowest BCUT2D eigenvalue weighted by Gasteiger charge is -2.62. The van der Waals surface area contributed by atoms with E-state index in [4.69, 9.17) is 10.6 Å². The molecule has 0 aliphatic heterocycles. The lowest BCUT2D eigenvalue weighted by Crippen LogP contribution is -2.60. The predicted octanol–water partition coefficient (Wildman–Crippen LogP) is 3.54. The number of aliphatic hydroxyl groups is 1. The molecule has 3 N–H and O–H groups in total. The third-order valence-electron chi connectivity index (χ3n) is 9.29. The van der Waals surface area contributed by atoms with Crippen LogP contribution in [0.15, 0.2) is 5.16 Å². The fourth-order valence-corrected chi connectivity index (χ4v) is 7.97. The molecule has 0 heterocycles. The molecule has 4 rings (SSSR count). The van der Waals surface area contributed by atoms with Gasteiger partial charge in [-0.05, 0) is 74.0 Å². The minimum Gasteiger partial charge on any atom is -0.394 e. The van der Waals surface area contributed by atoms with Gasteiger partial charge in [0, 0.05) is 24.3 Å². The number of Topliss-reactive ketones (excluding diaryl/α,β-unsaturated/α-hetero) is 1. The van der Waals surface area contributed by atoms with E-state index in [0.717, 1.165) is 57.1 Å². The molecule has 0 radical (unpaired) electrons.